The Kier molecular flexibility index (Phi) is 5.88. The lowest BCUT2D eigenvalue weighted by Crippen LogP contribution is -2.49. The fourth-order valence-corrected chi connectivity index (χ4v) is 2.16. The number of rotatable bonds is 6. The Hall–Kier alpha value is -0.650. The molecule has 0 saturated carbocycles. The van der Waals surface area contributed by atoms with Crippen LogP contribution in [0, 0.1) is 0 Å². The van der Waals surface area contributed by atoms with Gasteiger partial charge in [0.1, 0.15) is 0 Å². The number of hydrogen-bond acceptors (Lipinski definition) is 4. The predicted octanol–water partition coefficient (Wildman–Crippen LogP) is -0.0141. The molecule has 1 saturated heterocycles. The molecule has 1 unspecified atom stereocenters. The smallest absolute Gasteiger partial charge is 0.234 e. The zero-order valence-corrected chi connectivity index (χ0v) is 10.9. The van der Waals surface area contributed by atoms with E-state index in [0.29, 0.717) is 26.2 Å². The highest BCUT2D eigenvalue weighted by atomic mass is 16.5. The van der Waals surface area contributed by atoms with E-state index in [4.69, 9.17) is 4.74 Å². The van der Waals surface area contributed by atoms with E-state index in [0.717, 1.165) is 25.8 Å². The number of nitrogens with one attached hydrogen (secondary N) is 1. The number of nitrogens with zero attached hydrogens (tertiary/aromatic N) is 1. The molecule has 5 nitrogen and oxygen atoms in total. The lowest BCUT2D eigenvalue weighted by atomic mass is 9.95. The monoisotopic (exact) mass is 244 g/mol. The van der Waals surface area contributed by atoms with Crippen molar-refractivity contribution >= 4 is 5.91 Å². The lowest BCUT2D eigenvalue weighted by molar-refractivity contribution is -0.123. The second-order valence-electron chi connectivity index (χ2n) is 5.01. The molecule has 1 atom stereocenters. The van der Waals surface area contributed by atoms with Crippen molar-refractivity contribution in [2.75, 3.05) is 39.9 Å². The Morgan fingerprint density at radius 1 is 1.59 bits per heavy atom. The van der Waals surface area contributed by atoms with Gasteiger partial charge in [-0.1, -0.05) is 0 Å². The summed E-state index contributed by atoms with van der Waals surface area (Å²) in [4.78, 5) is 13.6. The Labute approximate surface area is 103 Å². The standard InChI is InChI=1S/C12H24N2O3/c1-12(16)5-3-7-14(10-12)9-11(15)13-6-4-8-17-2/h16H,3-10H2,1-2H3,(H,13,15). The SMILES string of the molecule is COCCCNC(=O)CN1CCCC(C)(O)C1. The summed E-state index contributed by atoms with van der Waals surface area (Å²) in [7, 11) is 1.65. The molecule has 17 heavy (non-hydrogen) atoms. The number of likely N-dealkylation sites (tertiary alicyclic amines) is 1. The van der Waals surface area contributed by atoms with Gasteiger partial charge in [0.05, 0.1) is 12.1 Å². The van der Waals surface area contributed by atoms with Crippen molar-refractivity contribution in [3.63, 3.8) is 0 Å². The minimum Gasteiger partial charge on any atom is -0.389 e. The number of aliphatic hydroxyl groups is 1. The molecule has 5 heteroatoms. The largest absolute Gasteiger partial charge is 0.389 e. The van der Waals surface area contributed by atoms with Crippen LogP contribution in [0.5, 0.6) is 0 Å². The summed E-state index contributed by atoms with van der Waals surface area (Å²) in [5.74, 6) is 0.0267. The zero-order chi connectivity index (χ0) is 12.7. The molecular formula is C12H24N2O3. The normalized spacial score (nSPS) is 25.8. The number of β-amino-alcohol motifs (C(OH)–C–C–N with tert-alkyl or cyclic N) is 1. The number of piperidine rings is 1. The molecule has 0 aromatic heterocycles. The maximum absolute atomic E-state index is 11.6. The van der Waals surface area contributed by atoms with E-state index in [2.05, 4.69) is 5.32 Å². The minimum atomic E-state index is -0.644. The van der Waals surface area contributed by atoms with Crippen LogP contribution in [0.3, 0.4) is 0 Å². The molecule has 0 bridgehead atoms. The molecule has 1 heterocycles. The molecule has 1 aliphatic rings. The van der Waals surface area contributed by atoms with Crippen molar-refractivity contribution in [1.82, 2.24) is 10.2 Å². The van der Waals surface area contributed by atoms with E-state index in [1.165, 1.54) is 0 Å². The molecule has 1 fully saturated rings. The molecule has 0 spiro atoms. The van der Waals surface area contributed by atoms with Gasteiger partial charge in [-0.25, -0.2) is 0 Å². The molecule has 0 radical (unpaired) electrons. The first-order chi connectivity index (χ1) is 8.03. The molecule has 1 amide bonds. The third-order valence-corrected chi connectivity index (χ3v) is 2.97. The van der Waals surface area contributed by atoms with Crippen LogP contribution in [0.1, 0.15) is 26.2 Å². The van der Waals surface area contributed by atoms with Crippen molar-refractivity contribution in [1.29, 1.82) is 0 Å². The number of carbonyl (C=O) groups excluding carboxylic acids is 1. The van der Waals surface area contributed by atoms with Crippen molar-refractivity contribution in [3.8, 4) is 0 Å². The first-order valence-corrected chi connectivity index (χ1v) is 6.24. The number of hydrogen-bond donors (Lipinski definition) is 2. The van der Waals surface area contributed by atoms with E-state index in [9.17, 15) is 9.90 Å². The summed E-state index contributed by atoms with van der Waals surface area (Å²) < 4.78 is 4.91. The Morgan fingerprint density at radius 2 is 2.35 bits per heavy atom. The van der Waals surface area contributed by atoms with E-state index >= 15 is 0 Å². The molecule has 0 aromatic carbocycles. The topological polar surface area (TPSA) is 61.8 Å². The van der Waals surface area contributed by atoms with Gasteiger partial charge >= 0.3 is 0 Å². The molecule has 0 aliphatic carbocycles. The first kappa shape index (κ1) is 14.4. The maximum atomic E-state index is 11.6. The van der Waals surface area contributed by atoms with Gasteiger partial charge in [0.2, 0.25) is 5.91 Å². The van der Waals surface area contributed by atoms with E-state index in [1.54, 1.807) is 7.11 Å². The van der Waals surface area contributed by atoms with E-state index in [1.807, 2.05) is 11.8 Å². The average molecular weight is 244 g/mol. The van der Waals surface area contributed by atoms with Crippen LogP contribution in [-0.4, -0.2) is 61.4 Å². The number of carbonyl (C=O) groups is 1. The van der Waals surface area contributed by atoms with Crippen LogP contribution in [0.15, 0.2) is 0 Å². The van der Waals surface area contributed by atoms with E-state index in [-0.39, 0.29) is 5.91 Å². The highest BCUT2D eigenvalue weighted by Gasteiger charge is 2.28. The van der Waals surface area contributed by atoms with Gasteiger partial charge < -0.3 is 15.2 Å². The molecular weight excluding hydrogens is 220 g/mol. The molecule has 0 aromatic rings. The molecule has 1 aliphatic heterocycles. The molecule has 1 rings (SSSR count). The second kappa shape index (κ2) is 6.93. The second-order valence-corrected chi connectivity index (χ2v) is 5.01. The van der Waals surface area contributed by atoms with Gasteiger partial charge in [-0.3, -0.25) is 9.69 Å². The van der Waals surface area contributed by atoms with Gasteiger partial charge in [0.25, 0.3) is 0 Å². The summed E-state index contributed by atoms with van der Waals surface area (Å²) in [6.07, 6.45) is 2.60. The predicted molar refractivity (Wildman–Crippen MR) is 65.8 cm³/mol. The number of methoxy groups -OCH3 is 1. The van der Waals surface area contributed by atoms with Gasteiger partial charge in [-0.15, -0.1) is 0 Å². The molecule has 2 N–H and O–H groups in total. The Balaban J connectivity index is 2.17. The Bertz CT molecular complexity index is 244. The average Bonchev–Trinajstić information content (AvgIpc) is 2.23. The molecule has 100 valence electrons. The highest BCUT2D eigenvalue weighted by Crippen LogP contribution is 2.19. The third-order valence-electron chi connectivity index (χ3n) is 2.97. The third kappa shape index (κ3) is 6.00. The van der Waals surface area contributed by atoms with Crippen LogP contribution in [0.4, 0.5) is 0 Å². The van der Waals surface area contributed by atoms with Crippen molar-refractivity contribution < 1.29 is 14.6 Å². The number of ether oxygens (including phenoxy) is 1. The van der Waals surface area contributed by atoms with Crippen LogP contribution in [-0.2, 0) is 9.53 Å². The van der Waals surface area contributed by atoms with Crippen LogP contribution >= 0.6 is 0 Å². The summed E-state index contributed by atoms with van der Waals surface area (Å²) in [5, 5.41) is 12.8. The van der Waals surface area contributed by atoms with Crippen LogP contribution in [0.2, 0.25) is 0 Å². The Morgan fingerprint density at radius 3 is 3.00 bits per heavy atom. The van der Waals surface area contributed by atoms with Gasteiger partial charge in [0.15, 0.2) is 0 Å². The van der Waals surface area contributed by atoms with E-state index < -0.39 is 5.60 Å². The van der Waals surface area contributed by atoms with Crippen molar-refractivity contribution in [2.45, 2.75) is 31.8 Å². The van der Waals surface area contributed by atoms with Gasteiger partial charge in [-0.2, -0.15) is 0 Å². The lowest BCUT2D eigenvalue weighted by Gasteiger charge is -2.36. The summed E-state index contributed by atoms with van der Waals surface area (Å²) in [6, 6.07) is 0. The van der Waals surface area contributed by atoms with Crippen LogP contribution in [0.25, 0.3) is 0 Å². The fourth-order valence-electron chi connectivity index (χ4n) is 2.16. The zero-order valence-electron chi connectivity index (χ0n) is 10.9. The summed E-state index contributed by atoms with van der Waals surface area (Å²) in [5.41, 5.74) is -0.644. The minimum absolute atomic E-state index is 0.0267. The maximum Gasteiger partial charge on any atom is 0.234 e. The summed E-state index contributed by atoms with van der Waals surface area (Å²) >= 11 is 0. The quantitative estimate of drug-likeness (QED) is 0.645. The fraction of sp³-hybridized carbons (Fsp3) is 0.917. The van der Waals surface area contributed by atoms with Gasteiger partial charge in [0, 0.05) is 26.8 Å². The van der Waals surface area contributed by atoms with Crippen molar-refractivity contribution in [2.24, 2.45) is 0 Å². The first-order valence-electron chi connectivity index (χ1n) is 6.24. The highest BCUT2D eigenvalue weighted by molar-refractivity contribution is 5.77. The van der Waals surface area contributed by atoms with Crippen molar-refractivity contribution in [3.05, 3.63) is 0 Å². The van der Waals surface area contributed by atoms with Gasteiger partial charge in [-0.05, 0) is 32.7 Å². The summed E-state index contributed by atoms with van der Waals surface area (Å²) in [6.45, 7) is 4.99. The van der Waals surface area contributed by atoms with Crippen LogP contribution < -0.4 is 5.32 Å². The number of amides is 1.